The van der Waals surface area contributed by atoms with Gasteiger partial charge in [-0.1, -0.05) is 13.8 Å². The smallest absolute Gasteiger partial charge is 0.241 e. The van der Waals surface area contributed by atoms with E-state index in [4.69, 9.17) is 4.74 Å². The topological polar surface area (TPSA) is 67.4 Å². The van der Waals surface area contributed by atoms with Crippen molar-refractivity contribution in [2.24, 2.45) is 0 Å². The normalized spacial score (nSPS) is 12.2. The molecule has 1 aromatic heterocycles. The molecule has 0 fully saturated rings. The molecule has 1 heterocycles. The number of hydrogen-bond acceptors (Lipinski definition) is 5. The predicted molar refractivity (Wildman–Crippen MR) is 82.7 cm³/mol. The monoisotopic (exact) mass is 320 g/mol. The Kier molecular flexibility index (Phi) is 7.11. The molecule has 7 heteroatoms. The molecule has 0 aliphatic carbocycles. The zero-order valence-electron chi connectivity index (χ0n) is 12.5. The van der Waals surface area contributed by atoms with Gasteiger partial charge in [0.1, 0.15) is 0 Å². The van der Waals surface area contributed by atoms with Crippen LogP contribution in [-0.4, -0.2) is 34.2 Å². The van der Waals surface area contributed by atoms with Crippen molar-refractivity contribution < 1.29 is 13.2 Å². The van der Waals surface area contributed by atoms with Crippen molar-refractivity contribution >= 4 is 21.4 Å². The van der Waals surface area contributed by atoms with Gasteiger partial charge in [0.2, 0.25) is 10.0 Å². The van der Waals surface area contributed by atoms with Gasteiger partial charge in [-0.3, -0.25) is 0 Å². The van der Waals surface area contributed by atoms with Crippen molar-refractivity contribution in [2.45, 2.75) is 45.2 Å². The molecular formula is C13H24N2O3S2. The Bertz CT molecular complexity index is 510. The van der Waals surface area contributed by atoms with E-state index in [0.717, 1.165) is 9.75 Å². The maximum Gasteiger partial charge on any atom is 0.241 e. The van der Waals surface area contributed by atoms with Gasteiger partial charge in [-0.05, 0) is 19.9 Å². The van der Waals surface area contributed by atoms with Crippen LogP contribution >= 0.6 is 11.3 Å². The van der Waals surface area contributed by atoms with Crippen LogP contribution in [0.4, 0.5) is 0 Å². The molecule has 0 aliphatic rings. The molecule has 0 saturated heterocycles. The summed E-state index contributed by atoms with van der Waals surface area (Å²) in [6, 6.07) is 2.13. The fourth-order valence-corrected chi connectivity index (χ4v) is 4.25. The Morgan fingerprint density at radius 2 is 2.10 bits per heavy atom. The summed E-state index contributed by atoms with van der Waals surface area (Å²) in [5, 5.41) is 3.29. The van der Waals surface area contributed by atoms with Gasteiger partial charge in [0.05, 0.1) is 11.5 Å². The molecule has 2 N–H and O–H groups in total. The summed E-state index contributed by atoms with van der Waals surface area (Å²) in [7, 11) is -3.44. The molecule has 0 bridgehead atoms. The summed E-state index contributed by atoms with van der Waals surface area (Å²) in [5.74, 6) is 0. The molecule has 20 heavy (non-hydrogen) atoms. The number of rotatable bonds is 9. The Labute approximate surface area is 125 Å². The molecule has 0 unspecified atom stereocenters. The molecule has 0 aliphatic heterocycles. The van der Waals surface area contributed by atoms with Crippen LogP contribution in [0.25, 0.3) is 0 Å². The average Bonchev–Trinajstić information content (AvgIpc) is 2.74. The fraction of sp³-hybridized carbons (Fsp3) is 0.692. The lowest BCUT2D eigenvalue weighted by atomic mass is 10.3. The highest BCUT2D eigenvalue weighted by molar-refractivity contribution is 7.89. The van der Waals surface area contributed by atoms with Crippen LogP contribution < -0.4 is 10.0 Å². The van der Waals surface area contributed by atoms with Crippen LogP contribution in [-0.2, 0) is 21.3 Å². The SMILES string of the molecule is CCOCCNS(=O)(=O)c1cc(CNC(C)C)sc1C. The first-order valence-corrected chi connectivity index (χ1v) is 9.07. The zero-order chi connectivity index (χ0) is 15.2. The second-order valence-corrected chi connectivity index (χ2v) is 7.84. The van der Waals surface area contributed by atoms with Crippen LogP contribution in [0.3, 0.4) is 0 Å². The van der Waals surface area contributed by atoms with E-state index in [1.165, 1.54) is 11.3 Å². The molecule has 0 amide bonds. The average molecular weight is 320 g/mol. The van der Waals surface area contributed by atoms with Gasteiger partial charge in [-0.15, -0.1) is 11.3 Å². The second kappa shape index (κ2) is 8.09. The third kappa shape index (κ3) is 5.49. The highest BCUT2D eigenvalue weighted by atomic mass is 32.2. The molecular weight excluding hydrogens is 296 g/mol. The minimum Gasteiger partial charge on any atom is -0.380 e. The maximum atomic E-state index is 12.2. The highest BCUT2D eigenvalue weighted by Crippen LogP contribution is 2.25. The lowest BCUT2D eigenvalue weighted by Crippen LogP contribution is -2.27. The molecule has 5 nitrogen and oxygen atoms in total. The number of ether oxygens (including phenoxy) is 1. The van der Waals surface area contributed by atoms with Gasteiger partial charge in [0.15, 0.2) is 0 Å². The number of aryl methyl sites for hydroxylation is 1. The van der Waals surface area contributed by atoms with Crippen LogP contribution in [0, 0.1) is 6.92 Å². The second-order valence-electron chi connectivity index (χ2n) is 4.76. The van der Waals surface area contributed by atoms with Crippen molar-refractivity contribution in [1.82, 2.24) is 10.0 Å². The Morgan fingerprint density at radius 3 is 2.70 bits per heavy atom. The predicted octanol–water partition coefficient (Wildman–Crippen LogP) is 1.87. The van der Waals surface area contributed by atoms with Crippen LogP contribution in [0.15, 0.2) is 11.0 Å². The Balaban J connectivity index is 2.69. The number of nitrogens with one attached hydrogen (secondary N) is 2. The summed E-state index contributed by atoms with van der Waals surface area (Å²) in [6.07, 6.45) is 0. The maximum absolute atomic E-state index is 12.2. The summed E-state index contributed by atoms with van der Waals surface area (Å²) >= 11 is 1.51. The van der Waals surface area contributed by atoms with Crippen molar-refractivity contribution in [3.8, 4) is 0 Å². The molecule has 116 valence electrons. The van der Waals surface area contributed by atoms with Gasteiger partial charge in [0.25, 0.3) is 0 Å². The van der Waals surface area contributed by atoms with Crippen molar-refractivity contribution in [1.29, 1.82) is 0 Å². The molecule has 1 rings (SSSR count). The van der Waals surface area contributed by atoms with Gasteiger partial charge >= 0.3 is 0 Å². The standard InChI is InChI=1S/C13H24N2O3S2/c1-5-18-7-6-15-20(16,17)13-8-12(19-11(13)4)9-14-10(2)3/h8,10,14-15H,5-7,9H2,1-4H3. The summed E-state index contributed by atoms with van der Waals surface area (Å²) in [4.78, 5) is 2.22. The Hall–Kier alpha value is -0.470. The summed E-state index contributed by atoms with van der Waals surface area (Å²) in [5.41, 5.74) is 0. The van der Waals surface area contributed by atoms with E-state index in [-0.39, 0.29) is 0 Å². The molecule has 1 aromatic rings. The van der Waals surface area contributed by atoms with Gasteiger partial charge in [0, 0.05) is 35.5 Å². The minimum absolute atomic E-state index is 0.297. The third-order valence-electron chi connectivity index (χ3n) is 2.64. The van der Waals surface area contributed by atoms with Crippen molar-refractivity contribution in [3.05, 3.63) is 15.8 Å². The first kappa shape index (κ1) is 17.6. The van der Waals surface area contributed by atoms with Crippen LogP contribution in [0.5, 0.6) is 0 Å². The zero-order valence-corrected chi connectivity index (χ0v) is 14.2. The number of thiophene rings is 1. The van der Waals surface area contributed by atoms with Crippen LogP contribution in [0.2, 0.25) is 0 Å². The van der Waals surface area contributed by atoms with E-state index in [0.29, 0.717) is 37.2 Å². The molecule has 0 spiro atoms. The fourth-order valence-electron chi connectivity index (χ4n) is 1.65. The van der Waals surface area contributed by atoms with Gasteiger partial charge in [-0.2, -0.15) is 0 Å². The summed E-state index contributed by atoms with van der Waals surface area (Å²) in [6.45, 7) is 9.81. The largest absolute Gasteiger partial charge is 0.380 e. The molecule has 0 saturated carbocycles. The van der Waals surface area contributed by atoms with E-state index in [2.05, 4.69) is 23.9 Å². The first-order valence-electron chi connectivity index (χ1n) is 6.77. The molecule has 0 radical (unpaired) electrons. The molecule has 0 atom stereocenters. The minimum atomic E-state index is -3.44. The highest BCUT2D eigenvalue weighted by Gasteiger charge is 2.19. The van der Waals surface area contributed by atoms with E-state index in [9.17, 15) is 8.42 Å². The first-order chi connectivity index (χ1) is 9.36. The number of hydrogen-bond donors (Lipinski definition) is 2. The van der Waals surface area contributed by atoms with E-state index in [1.807, 2.05) is 13.8 Å². The lowest BCUT2D eigenvalue weighted by molar-refractivity contribution is 0.153. The third-order valence-corrected chi connectivity index (χ3v) is 5.41. The lowest BCUT2D eigenvalue weighted by Gasteiger charge is -2.06. The van der Waals surface area contributed by atoms with Crippen molar-refractivity contribution in [2.75, 3.05) is 19.8 Å². The van der Waals surface area contributed by atoms with E-state index in [1.54, 1.807) is 6.07 Å². The molecule has 0 aromatic carbocycles. The summed E-state index contributed by atoms with van der Waals surface area (Å²) < 4.78 is 32.1. The van der Waals surface area contributed by atoms with E-state index >= 15 is 0 Å². The quantitative estimate of drug-likeness (QED) is 0.682. The number of sulfonamides is 1. The van der Waals surface area contributed by atoms with Crippen molar-refractivity contribution in [3.63, 3.8) is 0 Å². The van der Waals surface area contributed by atoms with Crippen LogP contribution in [0.1, 0.15) is 30.5 Å². The van der Waals surface area contributed by atoms with Gasteiger partial charge in [-0.25, -0.2) is 13.1 Å². The van der Waals surface area contributed by atoms with E-state index < -0.39 is 10.0 Å². The van der Waals surface area contributed by atoms with Gasteiger partial charge < -0.3 is 10.1 Å². The Morgan fingerprint density at radius 1 is 1.40 bits per heavy atom.